The van der Waals surface area contributed by atoms with Gasteiger partial charge in [0.05, 0.1) is 43.0 Å². The van der Waals surface area contributed by atoms with Crippen LogP contribution in [0.15, 0.2) is 0 Å². The summed E-state index contributed by atoms with van der Waals surface area (Å²) in [6.07, 6.45) is -11.2. The predicted molar refractivity (Wildman–Crippen MR) is 158 cm³/mol. The summed E-state index contributed by atoms with van der Waals surface area (Å²) in [7, 11) is 0. The van der Waals surface area contributed by atoms with Crippen molar-refractivity contribution < 1.29 is 72.7 Å². The Morgan fingerprint density at radius 2 is 1.29 bits per heavy atom. The number of halogens is 9. The van der Waals surface area contributed by atoms with Gasteiger partial charge in [0.25, 0.3) is 5.92 Å². The molecule has 0 amide bonds. The lowest BCUT2D eigenvalue weighted by Crippen LogP contribution is -2.70. The minimum absolute atomic E-state index is 0.0324. The maximum absolute atomic E-state index is 15.2. The van der Waals surface area contributed by atoms with E-state index in [9.17, 15) is 30.7 Å². The first-order valence-corrected chi connectivity index (χ1v) is 14.8. The van der Waals surface area contributed by atoms with Gasteiger partial charge in [-0.05, 0) is 61.8 Å². The van der Waals surface area contributed by atoms with E-state index in [0.29, 0.717) is 27.7 Å². The van der Waals surface area contributed by atoms with Gasteiger partial charge in [-0.15, -0.1) is 12.8 Å². The van der Waals surface area contributed by atoms with Crippen molar-refractivity contribution in [2.75, 3.05) is 46.2 Å². The summed E-state index contributed by atoms with van der Waals surface area (Å²) in [6, 6.07) is 0. The molecule has 0 bridgehead atoms. The smallest absolute Gasteiger partial charge is 0.375 e. The Kier molecular flexibility index (Phi) is 17.2. The first-order valence-electron chi connectivity index (χ1n) is 14.8. The largest absolute Gasteiger partial charge is 0.389 e. The zero-order chi connectivity index (χ0) is 37.9. The van der Waals surface area contributed by atoms with E-state index in [1.807, 2.05) is 0 Å². The van der Waals surface area contributed by atoms with Crippen molar-refractivity contribution in [3.05, 3.63) is 0 Å². The molecule has 0 aromatic carbocycles. The van der Waals surface area contributed by atoms with Gasteiger partial charge in [0.15, 0.2) is 0 Å². The van der Waals surface area contributed by atoms with Crippen LogP contribution in [0.5, 0.6) is 0 Å². The molecule has 0 aliphatic rings. The minimum atomic E-state index is -5.03. The van der Waals surface area contributed by atoms with E-state index in [1.165, 1.54) is 13.8 Å². The Morgan fingerprint density at radius 3 is 1.83 bits per heavy atom. The highest BCUT2D eigenvalue weighted by atomic mass is 19.3. The van der Waals surface area contributed by atoms with Gasteiger partial charge in [-0.3, -0.25) is 0 Å². The van der Waals surface area contributed by atoms with E-state index in [2.05, 4.69) is 26.1 Å². The van der Waals surface area contributed by atoms with Gasteiger partial charge in [0.2, 0.25) is 6.17 Å². The fraction of sp³-hybridized carbons (Fsp3) is 0.871. The molecule has 0 spiro atoms. The molecule has 0 rings (SSSR count). The van der Waals surface area contributed by atoms with Crippen LogP contribution in [0.1, 0.15) is 68.2 Å². The summed E-state index contributed by atoms with van der Waals surface area (Å²) in [4.78, 5) is 0. The zero-order valence-corrected chi connectivity index (χ0v) is 28.5. The van der Waals surface area contributed by atoms with Crippen LogP contribution in [0.25, 0.3) is 0 Å². The van der Waals surface area contributed by atoms with E-state index < -0.39 is 78.5 Å². The Bertz CT molecular complexity index is 1060. The number of hydrogen-bond donors (Lipinski definition) is 1. The van der Waals surface area contributed by atoms with E-state index in [4.69, 9.17) is 37.5 Å². The Morgan fingerprint density at radius 1 is 0.729 bits per heavy atom. The van der Waals surface area contributed by atoms with Crippen LogP contribution in [0.3, 0.4) is 0 Å². The molecule has 8 nitrogen and oxygen atoms in total. The van der Waals surface area contributed by atoms with Crippen molar-refractivity contribution in [1.82, 2.24) is 0 Å². The van der Waals surface area contributed by atoms with E-state index in [-0.39, 0.29) is 39.5 Å². The molecule has 0 aromatic rings. The number of terminal acetylenes is 2. The first-order chi connectivity index (χ1) is 21.5. The molecule has 17 heteroatoms. The Labute approximate surface area is 276 Å². The van der Waals surface area contributed by atoms with E-state index in [1.54, 1.807) is 13.8 Å². The second-order valence-corrected chi connectivity index (χ2v) is 12.9. The van der Waals surface area contributed by atoms with Crippen molar-refractivity contribution in [3.8, 4) is 24.7 Å². The second kappa shape index (κ2) is 17.9. The first kappa shape index (κ1) is 46.2. The number of ether oxygens (including phenoxy) is 7. The maximum Gasteiger partial charge on any atom is 0.389 e. The number of rotatable bonds is 25. The van der Waals surface area contributed by atoms with Crippen molar-refractivity contribution in [2.45, 2.75) is 127 Å². The highest BCUT2D eigenvalue weighted by Crippen LogP contribution is 2.44. The summed E-state index contributed by atoms with van der Waals surface area (Å²) >= 11 is 0. The zero-order valence-electron chi connectivity index (χ0n) is 28.5. The summed E-state index contributed by atoms with van der Waals surface area (Å²) < 4.78 is 165. The van der Waals surface area contributed by atoms with E-state index >= 15 is 8.78 Å². The third-order valence-corrected chi connectivity index (χ3v) is 7.20. The van der Waals surface area contributed by atoms with Crippen LogP contribution in [0.2, 0.25) is 0 Å². The summed E-state index contributed by atoms with van der Waals surface area (Å²) in [6.45, 7) is 4.05. The monoisotopic (exact) mass is 717 g/mol. The number of hydrogen-bond acceptors (Lipinski definition) is 8. The van der Waals surface area contributed by atoms with Crippen LogP contribution >= 0.6 is 0 Å². The third-order valence-electron chi connectivity index (χ3n) is 7.20. The Balaban J connectivity index is 5.35. The lowest BCUT2D eigenvalue weighted by molar-refractivity contribution is -0.385. The predicted octanol–water partition coefficient (Wildman–Crippen LogP) is 6.34. The highest BCUT2D eigenvalue weighted by Gasteiger charge is 2.64. The molecule has 282 valence electrons. The van der Waals surface area contributed by atoms with Crippen molar-refractivity contribution >= 4 is 0 Å². The molecule has 0 aromatic heterocycles. The molecule has 0 radical (unpaired) electrons. The van der Waals surface area contributed by atoms with Crippen molar-refractivity contribution in [2.24, 2.45) is 5.73 Å². The normalized spacial score (nSPS) is 16.6. The van der Waals surface area contributed by atoms with Gasteiger partial charge in [0.1, 0.15) is 31.5 Å². The molecular formula is C31H48F9NO7. The van der Waals surface area contributed by atoms with Crippen molar-refractivity contribution in [3.63, 3.8) is 0 Å². The maximum atomic E-state index is 15.2. The minimum Gasteiger partial charge on any atom is -0.375 e. The average molecular weight is 718 g/mol. The Hall–Kier alpha value is -1.83. The lowest BCUT2D eigenvalue weighted by Gasteiger charge is -2.47. The van der Waals surface area contributed by atoms with Crippen molar-refractivity contribution in [1.29, 1.82) is 0 Å². The topological polar surface area (TPSA) is 90.6 Å². The molecule has 2 N–H and O–H groups in total. The fourth-order valence-corrected chi connectivity index (χ4v) is 3.64. The molecule has 0 aliphatic heterocycles. The van der Waals surface area contributed by atoms with Crippen LogP contribution < -0.4 is 5.73 Å². The van der Waals surface area contributed by atoms with Gasteiger partial charge < -0.3 is 38.9 Å². The molecule has 3 atom stereocenters. The molecule has 0 fully saturated rings. The lowest BCUT2D eigenvalue weighted by atomic mass is 9.83. The van der Waals surface area contributed by atoms with Crippen LogP contribution in [0, 0.1) is 24.7 Å². The van der Waals surface area contributed by atoms with Gasteiger partial charge in [-0.2, -0.15) is 26.3 Å². The van der Waals surface area contributed by atoms with Crippen LogP contribution in [-0.4, -0.2) is 105 Å². The molecular weight excluding hydrogens is 669 g/mol. The number of nitrogens with two attached hydrogens (primary N) is 1. The molecule has 0 aliphatic carbocycles. The fourth-order valence-electron chi connectivity index (χ4n) is 3.64. The average Bonchev–Trinajstić information content (AvgIpc) is 2.91. The molecule has 3 unspecified atom stereocenters. The van der Waals surface area contributed by atoms with E-state index in [0.717, 1.165) is 0 Å². The van der Waals surface area contributed by atoms with Gasteiger partial charge in [-0.1, -0.05) is 11.8 Å². The van der Waals surface area contributed by atoms with Crippen LogP contribution in [0.4, 0.5) is 39.5 Å². The molecule has 0 saturated carbocycles. The SMILES string of the molecule is C#CCOCCOC(C)(C)CC(F)(F)OCC(F)C(F)(F)OC(C)(C)C(C)(N)C(F)(F)OC(C)C(F)(F)COCCC(C)(C)OCC#C. The van der Waals surface area contributed by atoms with Crippen LogP contribution in [-0.2, 0) is 33.2 Å². The van der Waals surface area contributed by atoms with Gasteiger partial charge in [0, 0.05) is 6.61 Å². The molecule has 0 saturated heterocycles. The van der Waals surface area contributed by atoms with Gasteiger partial charge in [-0.25, -0.2) is 13.2 Å². The summed E-state index contributed by atoms with van der Waals surface area (Å²) in [5.41, 5.74) is -3.06. The molecule has 48 heavy (non-hydrogen) atoms. The summed E-state index contributed by atoms with van der Waals surface area (Å²) in [5.74, 6) is 0.408. The standard InChI is InChI=1S/C31H48F9NO7/c1-11-14-42-17-18-45-25(6,7)20-29(35,36)46-19-23(32)30(37,38)48-26(8,9)27(10,41)31(39,40)47-22(3)28(33,34)21-43-16-13-24(4,5)44-15-12-2/h1-2,22-23H,13-21,41H2,3-10H3. The second-order valence-electron chi connectivity index (χ2n) is 12.9. The quantitative estimate of drug-likeness (QED) is 0.0665. The third kappa shape index (κ3) is 15.4. The molecule has 0 heterocycles. The van der Waals surface area contributed by atoms with Gasteiger partial charge >= 0.3 is 18.3 Å². The highest BCUT2D eigenvalue weighted by molar-refractivity contribution is 5.04. The summed E-state index contributed by atoms with van der Waals surface area (Å²) in [5, 5.41) is 0. The number of alkyl halides is 9.